The zero-order valence-electron chi connectivity index (χ0n) is 11.9. The van der Waals surface area contributed by atoms with Crippen LogP contribution in [0.5, 0.6) is 0 Å². The van der Waals surface area contributed by atoms with Gasteiger partial charge in [-0.2, -0.15) is 0 Å². The van der Waals surface area contributed by atoms with Crippen molar-refractivity contribution >= 4 is 21.9 Å². The SMILES string of the molecule is NC(Cc1ccc(CCN2CCOCC2)c(Br)c1)C(=O)O. The van der Waals surface area contributed by atoms with E-state index in [2.05, 4.69) is 26.9 Å². The van der Waals surface area contributed by atoms with Gasteiger partial charge in [0.1, 0.15) is 6.04 Å². The largest absolute Gasteiger partial charge is 0.480 e. The van der Waals surface area contributed by atoms with E-state index >= 15 is 0 Å². The minimum Gasteiger partial charge on any atom is -0.480 e. The Morgan fingerprint density at radius 1 is 1.43 bits per heavy atom. The maximum absolute atomic E-state index is 10.8. The lowest BCUT2D eigenvalue weighted by Crippen LogP contribution is -2.37. The highest BCUT2D eigenvalue weighted by Crippen LogP contribution is 2.20. The topological polar surface area (TPSA) is 75.8 Å². The first-order valence-corrected chi connectivity index (χ1v) is 7.91. The number of benzene rings is 1. The van der Waals surface area contributed by atoms with E-state index in [0.29, 0.717) is 6.42 Å². The van der Waals surface area contributed by atoms with Crippen LogP contribution < -0.4 is 5.73 Å². The fourth-order valence-electron chi connectivity index (χ4n) is 2.37. The first-order chi connectivity index (χ1) is 10.1. The van der Waals surface area contributed by atoms with Crippen molar-refractivity contribution in [3.05, 3.63) is 33.8 Å². The van der Waals surface area contributed by atoms with Crippen molar-refractivity contribution in [1.82, 2.24) is 4.90 Å². The Balaban J connectivity index is 1.90. The molecule has 0 amide bonds. The van der Waals surface area contributed by atoms with Gasteiger partial charge in [0.25, 0.3) is 0 Å². The van der Waals surface area contributed by atoms with Crippen LogP contribution in [0.3, 0.4) is 0 Å². The number of carboxylic acids is 1. The standard InChI is InChI=1S/C15H21BrN2O3/c16-13-9-11(10-14(17)15(19)20)1-2-12(13)3-4-18-5-7-21-8-6-18/h1-2,9,14H,3-8,10,17H2,(H,19,20). The van der Waals surface area contributed by atoms with Crippen LogP contribution in [0.1, 0.15) is 11.1 Å². The van der Waals surface area contributed by atoms with Crippen LogP contribution in [0.2, 0.25) is 0 Å². The number of nitrogens with zero attached hydrogens (tertiary/aromatic N) is 1. The van der Waals surface area contributed by atoms with Crippen molar-refractivity contribution in [3.63, 3.8) is 0 Å². The number of aliphatic carboxylic acids is 1. The van der Waals surface area contributed by atoms with Gasteiger partial charge in [0.15, 0.2) is 0 Å². The minimum absolute atomic E-state index is 0.345. The monoisotopic (exact) mass is 356 g/mol. The number of nitrogens with two attached hydrogens (primary N) is 1. The fourth-order valence-corrected chi connectivity index (χ4v) is 2.99. The highest BCUT2D eigenvalue weighted by Gasteiger charge is 2.14. The summed E-state index contributed by atoms with van der Waals surface area (Å²) in [6.45, 7) is 4.61. The van der Waals surface area contributed by atoms with Gasteiger partial charge in [-0.15, -0.1) is 0 Å². The van der Waals surface area contributed by atoms with Crippen LogP contribution in [-0.4, -0.2) is 54.9 Å². The Hall–Kier alpha value is -0.950. The highest BCUT2D eigenvalue weighted by atomic mass is 79.9. The number of halogens is 1. The molecular formula is C15H21BrN2O3. The van der Waals surface area contributed by atoms with Crippen molar-refractivity contribution in [2.45, 2.75) is 18.9 Å². The third-order valence-electron chi connectivity index (χ3n) is 3.69. The van der Waals surface area contributed by atoms with Gasteiger partial charge in [0, 0.05) is 24.1 Å². The number of morpholine rings is 1. The molecule has 5 nitrogen and oxygen atoms in total. The maximum atomic E-state index is 10.8. The quantitative estimate of drug-likeness (QED) is 0.802. The van der Waals surface area contributed by atoms with E-state index < -0.39 is 12.0 Å². The molecule has 2 rings (SSSR count). The molecular weight excluding hydrogens is 336 g/mol. The Labute approximate surface area is 133 Å². The molecule has 21 heavy (non-hydrogen) atoms. The first kappa shape index (κ1) is 16.4. The Morgan fingerprint density at radius 3 is 2.76 bits per heavy atom. The molecule has 0 saturated carbocycles. The van der Waals surface area contributed by atoms with Crippen molar-refractivity contribution in [2.75, 3.05) is 32.8 Å². The molecule has 0 aromatic heterocycles. The predicted octanol–water partition coefficient (Wildman–Crippen LogP) is 1.28. The van der Waals surface area contributed by atoms with E-state index in [9.17, 15) is 4.79 Å². The first-order valence-electron chi connectivity index (χ1n) is 7.12. The van der Waals surface area contributed by atoms with Crippen molar-refractivity contribution < 1.29 is 14.6 Å². The lowest BCUT2D eigenvalue weighted by Gasteiger charge is -2.26. The van der Waals surface area contributed by atoms with Crippen LogP contribution in [0.4, 0.5) is 0 Å². The van der Waals surface area contributed by atoms with Crippen molar-refractivity contribution in [2.24, 2.45) is 5.73 Å². The van der Waals surface area contributed by atoms with Crippen LogP contribution in [0, 0.1) is 0 Å². The highest BCUT2D eigenvalue weighted by molar-refractivity contribution is 9.10. The van der Waals surface area contributed by atoms with Crippen molar-refractivity contribution in [3.8, 4) is 0 Å². The van der Waals surface area contributed by atoms with Gasteiger partial charge in [-0.05, 0) is 30.0 Å². The van der Waals surface area contributed by atoms with Gasteiger partial charge in [-0.1, -0.05) is 28.1 Å². The van der Waals surface area contributed by atoms with Gasteiger partial charge in [-0.25, -0.2) is 0 Å². The van der Waals surface area contributed by atoms with E-state index in [4.69, 9.17) is 15.6 Å². The number of rotatable bonds is 6. The van der Waals surface area contributed by atoms with E-state index in [-0.39, 0.29) is 0 Å². The number of hydrogen-bond donors (Lipinski definition) is 2. The fraction of sp³-hybridized carbons (Fsp3) is 0.533. The second-order valence-electron chi connectivity index (χ2n) is 5.28. The maximum Gasteiger partial charge on any atom is 0.320 e. The van der Waals surface area contributed by atoms with Crippen molar-refractivity contribution in [1.29, 1.82) is 0 Å². The molecule has 0 bridgehead atoms. The molecule has 1 aliphatic rings. The summed E-state index contributed by atoms with van der Waals surface area (Å²) < 4.78 is 6.36. The molecule has 1 saturated heterocycles. The smallest absolute Gasteiger partial charge is 0.320 e. The van der Waals surface area contributed by atoms with Gasteiger partial charge in [-0.3, -0.25) is 9.69 Å². The molecule has 1 aromatic rings. The van der Waals surface area contributed by atoms with Gasteiger partial charge in [0.05, 0.1) is 13.2 Å². The summed E-state index contributed by atoms with van der Waals surface area (Å²) in [6.07, 6.45) is 1.31. The van der Waals surface area contributed by atoms with E-state index in [0.717, 1.165) is 49.3 Å². The average Bonchev–Trinajstić information content (AvgIpc) is 2.47. The van der Waals surface area contributed by atoms with Crippen LogP contribution >= 0.6 is 15.9 Å². The van der Waals surface area contributed by atoms with E-state index in [1.54, 1.807) is 0 Å². The Bertz CT molecular complexity index is 490. The summed E-state index contributed by atoms with van der Waals surface area (Å²) in [6, 6.07) is 5.13. The molecule has 116 valence electrons. The average molecular weight is 357 g/mol. The van der Waals surface area contributed by atoms with Crippen LogP contribution in [0.25, 0.3) is 0 Å². The molecule has 6 heteroatoms. The zero-order valence-corrected chi connectivity index (χ0v) is 13.5. The molecule has 1 aliphatic heterocycles. The predicted molar refractivity (Wildman–Crippen MR) is 84.4 cm³/mol. The summed E-state index contributed by atoms with van der Waals surface area (Å²) in [7, 11) is 0. The molecule has 1 fully saturated rings. The molecule has 0 spiro atoms. The molecule has 1 heterocycles. The third kappa shape index (κ3) is 5.07. The normalized spacial score (nSPS) is 17.6. The Morgan fingerprint density at radius 2 is 2.14 bits per heavy atom. The van der Waals surface area contributed by atoms with E-state index in [1.165, 1.54) is 5.56 Å². The van der Waals surface area contributed by atoms with Crippen LogP contribution in [0.15, 0.2) is 22.7 Å². The number of ether oxygens (including phenoxy) is 1. The molecule has 0 aliphatic carbocycles. The summed E-state index contributed by atoms with van der Waals surface area (Å²) in [5, 5.41) is 8.84. The lowest BCUT2D eigenvalue weighted by atomic mass is 10.0. The summed E-state index contributed by atoms with van der Waals surface area (Å²) in [4.78, 5) is 13.2. The summed E-state index contributed by atoms with van der Waals surface area (Å²) in [5.41, 5.74) is 7.73. The number of carboxylic acid groups (broad SMARTS) is 1. The zero-order chi connectivity index (χ0) is 15.2. The lowest BCUT2D eigenvalue weighted by molar-refractivity contribution is -0.138. The Kier molecular flexibility index (Phi) is 6.17. The summed E-state index contributed by atoms with van der Waals surface area (Å²) >= 11 is 3.57. The minimum atomic E-state index is -0.970. The molecule has 1 unspecified atom stereocenters. The molecule has 1 atom stereocenters. The van der Waals surface area contributed by atoms with Crippen LogP contribution in [-0.2, 0) is 22.4 Å². The van der Waals surface area contributed by atoms with Gasteiger partial charge >= 0.3 is 5.97 Å². The second-order valence-corrected chi connectivity index (χ2v) is 6.13. The third-order valence-corrected chi connectivity index (χ3v) is 4.43. The number of carbonyl (C=O) groups is 1. The van der Waals surface area contributed by atoms with E-state index in [1.807, 2.05) is 12.1 Å². The molecule has 0 radical (unpaired) electrons. The van der Waals surface area contributed by atoms with Gasteiger partial charge < -0.3 is 15.6 Å². The van der Waals surface area contributed by atoms with Gasteiger partial charge in [0.2, 0.25) is 0 Å². The molecule has 3 N–H and O–H groups in total. The molecule has 1 aromatic carbocycles. The second kappa shape index (κ2) is 7.89. The number of hydrogen-bond acceptors (Lipinski definition) is 4. The summed E-state index contributed by atoms with van der Waals surface area (Å²) in [5.74, 6) is -0.970.